The normalized spacial score (nSPS) is 10.6. The van der Waals surface area contributed by atoms with Crippen molar-refractivity contribution in [2.45, 2.75) is 6.54 Å². The van der Waals surface area contributed by atoms with E-state index in [4.69, 9.17) is 16.1 Å². The van der Waals surface area contributed by atoms with E-state index in [1.807, 2.05) is 17.5 Å². The van der Waals surface area contributed by atoms with E-state index in [2.05, 4.69) is 15.5 Å². The van der Waals surface area contributed by atoms with Crippen molar-refractivity contribution in [3.05, 3.63) is 58.0 Å². The summed E-state index contributed by atoms with van der Waals surface area (Å²) >= 11 is 7.23. The molecule has 0 unspecified atom stereocenters. The first-order valence-electron chi connectivity index (χ1n) is 6.23. The van der Waals surface area contributed by atoms with Crippen LogP contribution < -0.4 is 5.32 Å². The van der Waals surface area contributed by atoms with Crippen molar-refractivity contribution in [1.29, 1.82) is 0 Å². The molecule has 1 amide bonds. The largest absolute Gasteiger partial charge is 0.343 e. The van der Waals surface area contributed by atoms with Gasteiger partial charge in [-0.2, -0.15) is 4.98 Å². The highest BCUT2D eigenvalue weighted by Crippen LogP contribution is 2.21. The summed E-state index contributed by atoms with van der Waals surface area (Å²) in [5.41, 5.74) is -0.134. The molecule has 0 saturated carbocycles. The van der Waals surface area contributed by atoms with E-state index >= 15 is 0 Å². The smallest absolute Gasteiger partial charge is 0.254 e. The van der Waals surface area contributed by atoms with Gasteiger partial charge in [0.05, 0.1) is 17.0 Å². The maximum Gasteiger partial charge on any atom is 0.254 e. The summed E-state index contributed by atoms with van der Waals surface area (Å²) in [5.74, 6) is -0.560. The van der Waals surface area contributed by atoms with Crippen LogP contribution in [-0.2, 0) is 6.54 Å². The molecule has 0 aliphatic carbocycles. The van der Waals surface area contributed by atoms with Gasteiger partial charge in [-0.15, -0.1) is 11.3 Å². The van der Waals surface area contributed by atoms with E-state index in [1.165, 1.54) is 23.5 Å². The van der Waals surface area contributed by atoms with Crippen molar-refractivity contribution in [3.63, 3.8) is 0 Å². The summed E-state index contributed by atoms with van der Waals surface area (Å²) in [7, 11) is 0. The third-order valence-electron chi connectivity index (χ3n) is 2.78. The molecule has 1 N–H and O–H groups in total. The summed E-state index contributed by atoms with van der Waals surface area (Å²) in [6.45, 7) is 0.00314. The Bertz CT molecular complexity index is 804. The Hall–Kier alpha value is -2.25. The molecular weight excluding hydrogens is 329 g/mol. The molecule has 5 nitrogen and oxygen atoms in total. The molecule has 0 saturated heterocycles. The van der Waals surface area contributed by atoms with Crippen molar-refractivity contribution in [3.8, 4) is 10.7 Å². The molecule has 0 radical (unpaired) electrons. The molecule has 1 aromatic carbocycles. The second-order valence-electron chi connectivity index (χ2n) is 4.30. The predicted molar refractivity (Wildman–Crippen MR) is 80.2 cm³/mol. The number of aromatic nitrogens is 2. The lowest BCUT2D eigenvalue weighted by Gasteiger charge is -2.04. The number of nitrogens with one attached hydrogen (secondary N) is 1. The van der Waals surface area contributed by atoms with Gasteiger partial charge < -0.3 is 9.84 Å². The van der Waals surface area contributed by atoms with Crippen LogP contribution in [0, 0.1) is 5.82 Å². The van der Waals surface area contributed by atoms with E-state index in [1.54, 1.807) is 0 Å². The Morgan fingerprint density at radius 1 is 1.41 bits per heavy atom. The van der Waals surface area contributed by atoms with E-state index < -0.39 is 11.7 Å². The first-order valence-corrected chi connectivity index (χ1v) is 7.49. The minimum Gasteiger partial charge on any atom is -0.343 e. The second-order valence-corrected chi connectivity index (χ2v) is 5.68. The van der Waals surface area contributed by atoms with Crippen LogP contribution in [0.5, 0.6) is 0 Å². The molecule has 3 aromatic rings. The fourth-order valence-electron chi connectivity index (χ4n) is 1.76. The number of hydrogen-bond donors (Lipinski definition) is 1. The summed E-state index contributed by atoms with van der Waals surface area (Å²) < 4.78 is 18.6. The van der Waals surface area contributed by atoms with Gasteiger partial charge in [0.1, 0.15) is 5.82 Å². The van der Waals surface area contributed by atoms with Gasteiger partial charge in [-0.1, -0.05) is 22.8 Å². The van der Waals surface area contributed by atoms with Gasteiger partial charge >= 0.3 is 0 Å². The predicted octanol–water partition coefficient (Wildman–Crippen LogP) is 3.52. The maximum atomic E-state index is 13.6. The van der Waals surface area contributed by atoms with Crippen molar-refractivity contribution in [2.75, 3.05) is 0 Å². The van der Waals surface area contributed by atoms with Crippen LogP contribution >= 0.6 is 22.9 Å². The van der Waals surface area contributed by atoms with Crippen LogP contribution in [0.15, 0.2) is 40.2 Å². The lowest BCUT2D eigenvalue weighted by molar-refractivity contribution is 0.0942. The van der Waals surface area contributed by atoms with Crippen LogP contribution in [-0.4, -0.2) is 16.0 Å². The molecule has 0 aliphatic heterocycles. The number of rotatable bonds is 4. The number of nitrogens with zero attached hydrogens (tertiary/aromatic N) is 2. The van der Waals surface area contributed by atoms with Crippen molar-refractivity contribution in [2.24, 2.45) is 0 Å². The molecule has 2 heterocycles. The first kappa shape index (κ1) is 14.7. The standard InChI is InChI=1S/C14H9ClFN3O2S/c15-8-3-4-10(16)9(6-8)14(20)17-7-12-18-13(19-21-12)11-2-1-5-22-11/h1-6H,7H2,(H,17,20). The number of halogens is 2. The molecule has 0 bridgehead atoms. The van der Waals surface area contributed by atoms with Crippen LogP contribution in [0.4, 0.5) is 4.39 Å². The van der Waals surface area contributed by atoms with E-state index in [-0.39, 0.29) is 23.0 Å². The summed E-state index contributed by atoms with van der Waals surface area (Å²) in [5, 5.41) is 8.51. The average molecular weight is 338 g/mol. The average Bonchev–Trinajstić information content (AvgIpc) is 3.17. The molecule has 0 aliphatic rings. The quantitative estimate of drug-likeness (QED) is 0.791. The zero-order valence-corrected chi connectivity index (χ0v) is 12.6. The third-order valence-corrected chi connectivity index (χ3v) is 3.88. The molecule has 8 heteroatoms. The molecule has 0 fully saturated rings. The minimum absolute atomic E-state index is 0.00314. The number of carbonyl (C=O) groups is 1. The summed E-state index contributed by atoms with van der Waals surface area (Å²) in [6, 6.07) is 7.51. The van der Waals surface area contributed by atoms with Crippen LogP contribution in [0.3, 0.4) is 0 Å². The highest BCUT2D eigenvalue weighted by Gasteiger charge is 2.14. The zero-order chi connectivity index (χ0) is 15.5. The molecule has 112 valence electrons. The zero-order valence-electron chi connectivity index (χ0n) is 11.0. The Kier molecular flexibility index (Phi) is 4.17. The Balaban J connectivity index is 1.67. The monoisotopic (exact) mass is 337 g/mol. The molecular formula is C14H9ClFN3O2S. The van der Waals surface area contributed by atoms with Crippen molar-refractivity contribution >= 4 is 28.8 Å². The first-order chi connectivity index (χ1) is 10.6. The molecule has 3 rings (SSSR count). The maximum absolute atomic E-state index is 13.6. The lowest BCUT2D eigenvalue weighted by Crippen LogP contribution is -2.24. The van der Waals surface area contributed by atoms with E-state index in [0.29, 0.717) is 5.82 Å². The van der Waals surface area contributed by atoms with E-state index in [9.17, 15) is 9.18 Å². The van der Waals surface area contributed by atoms with Crippen molar-refractivity contribution in [1.82, 2.24) is 15.5 Å². The third kappa shape index (κ3) is 3.15. The highest BCUT2D eigenvalue weighted by molar-refractivity contribution is 7.13. The van der Waals surface area contributed by atoms with E-state index in [0.717, 1.165) is 10.9 Å². The van der Waals surface area contributed by atoms with Gasteiger partial charge in [-0.05, 0) is 29.6 Å². The molecule has 22 heavy (non-hydrogen) atoms. The lowest BCUT2D eigenvalue weighted by atomic mass is 10.2. The minimum atomic E-state index is -0.647. The van der Waals surface area contributed by atoms with Gasteiger partial charge in [0.2, 0.25) is 11.7 Å². The van der Waals surface area contributed by atoms with Gasteiger partial charge in [0, 0.05) is 5.02 Å². The SMILES string of the molecule is O=C(NCc1nc(-c2cccs2)no1)c1cc(Cl)ccc1F. The number of hydrogen-bond acceptors (Lipinski definition) is 5. The fourth-order valence-corrected chi connectivity index (χ4v) is 2.58. The van der Waals surface area contributed by atoms with Crippen LogP contribution in [0.25, 0.3) is 10.7 Å². The molecule has 2 aromatic heterocycles. The second kappa shape index (κ2) is 6.25. The Labute approximate surface area is 133 Å². The van der Waals surface area contributed by atoms with Gasteiger partial charge in [-0.3, -0.25) is 4.79 Å². The summed E-state index contributed by atoms with van der Waals surface area (Å²) in [6.07, 6.45) is 0. The Morgan fingerprint density at radius 3 is 3.05 bits per heavy atom. The van der Waals surface area contributed by atoms with Gasteiger partial charge in [-0.25, -0.2) is 4.39 Å². The fraction of sp³-hybridized carbons (Fsp3) is 0.0714. The van der Waals surface area contributed by atoms with Crippen LogP contribution in [0.1, 0.15) is 16.2 Å². The Morgan fingerprint density at radius 2 is 2.27 bits per heavy atom. The molecule has 0 spiro atoms. The number of carbonyl (C=O) groups excluding carboxylic acids is 1. The van der Waals surface area contributed by atoms with Crippen LogP contribution in [0.2, 0.25) is 5.02 Å². The number of thiophene rings is 1. The van der Waals surface area contributed by atoms with Crippen molar-refractivity contribution < 1.29 is 13.7 Å². The number of amides is 1. The molecule has 0 atom stereocenters. The van der Waals surface area contributed by atoms with Gasteiger partial charge in [0.25, 0.3) is 5.91 Å². The topological polar surface area (TPSA) is 68.0 Å². The highest BCUT2D eigenvalue weighted by atomic mass is 35.5. The van der Waals surface area contributed by atoms with Gasteiger partial charge in [0.15, 0.2) is 0 Å². The number of benzene rings is 1. The summed E-state index contributed by atoms with van der Waals surface area (Å²) in [4.78, 5) is 16.9.